The summed E-state index contributed by atoms with van der Waals surface area (Å²) in [5, 5.41) is 0. The van der Waals surface area contributed by atoms with E-state index in [0.29, 0.717) is 11.6 Å². The third kappa shape index (κ3) is 7.63. The maximum absolute atomic E-state index is 5.42. The highest BCUT2D eigenvalue weighted by atomic mass is 15.3. The van der Waals surface area contributed by atoms with Crippen molar-refractivity contribution < 1.29 is 0 Å². The van der Waals surface area contributed by atoms with E-state index in [1.165, 1.54) is 0 Å². The molecule has 0 fully saturated rings. The summed E-state index contributed by atoms with van der Waals surface area (Å²) in [4.78, 5) is 19.2. The van der Waals surface area contributed by atoms with E-state index in [2.05, 4.69) is 214 Å². The van der Waals surface area contributed by atoms with Crippen LogP contribution in [0.3, 0.4) is 0 Å². The number of rotatable bonds is 12. The summed E-state index contributed by atoms with van der Waals surface area (Å²) in [6.07, 6.45) is 3.67. The first-order chi connectivity index (χ1) is 28.8. The smallest absolute Gasteiger partial charge is 0.158 e. The van der Waals surface area contributed by atoms with Gasteiger partial charge >= 0.3 is 0 Å². The molecule has 0 aliphatic rings. The third-order valence-corrected chi connectivity index (χ3v) is 9.85. The Morgan fingerprint density at radius 3 is 0.724 bits per heavy atom. The molecule has 1 aromatic heterocycles. The molecule has 6 nitrogen and oxygen atoms in total. The molecule has 0 aliphatic heterocycles. The minimum atomic E-state index is 0.680. The molecule has 0 saturated carbocycles. The lowest BCUT2D eigenvalue weighted by atomic mass is 10.1. The van der Waals surface area contributed by atoms with Gasteiger partial charge in [0.1, 0.15) is 0 Å². The predicted molar refractivity (Wildman–Crippen MR) is 241 cm³/mol. The summed E-state index contributed by atoms with van der Waals surface area (Å²) in [5.41, 5.74) is 10.1. The third-order valence-electron chi connectivity index (χ3n) is 9.85. The van der Waals surface area contributed by atoms with Crippen molar-refractivity contribution in [2.24, 2.45) is 0 Å². The van der Waals surface area contributed by atoms with E-state index in [4.69, 9.17) is 9.97 Å². The fourth-order valence-electron chi connectivity index (χ4n) is 7.29. The fraction of sp³-hybridized carbons (Fsp3) is 0. The molecule has 0 unspecified atom stereocenters. The Kier molecular flexibility index (Phi) is 10.4. The summed E-state index contributed by atoms with van der Waals surface area (Å²) in [5.74, 6) is 1.36. The fourth-order valence-corrected chi connectivity index (χ4v) is 7.29. The van der Waals surface area contributed by atoms with Crippen molar-refractivity contribution in [3.05, 3.63) is 243 Å². The second kappa shape index (κ2) is 16.8. The van der Waals surface area contributed by atoms with Gasteiger partial charge in [0.2, 0.25) is 0 Å². The molecule has 6 heteroatoms. The van der Waals surface area contributed by atoms with E-state index in [1.807, 2.05) is 48.8 Å². The monoisotopic (exact) mass is 748 g/mol. The van der Waals surface area contributed by atoms with Gasteiger partial charge in [-0.1, -0.05) is 121 Å². The van der Waals surface area contributed by atoms with E-state index in [9.17, 15) is 0 Å². The van der Waals surface area contributed by atoms with Gasteiger partial charge in [0.05, 0.1) is 12.4 Å². The second-order valence-electron chi connectivity index (χ2n) is 13.6. The first-order valence-electron chi connectivity index (χ1n) is 19.3. The van der Waals surface area contributed by atoms with Gasteiger partial charge in [-0.3, -0.25) is 14.8 Å². The van der Waals surface area contributed by atoms with Gasteiger partial charge in [0.15, 0.2) is 11.6 Å². The lowest BCUT2D eigenvalue weighted by molar-refractivity contribution is 1.08. The van der Waals surface area contributed by atoms with Crippen LogP contribution in [0.1, 0.15) is 0 Å². The zero-order valence-corrected chi connectivity index (χ0v) is 31.8. The van der Waals surface area contributed by atoms with Gasteiger partial charge < -0.3 is 9.80 Å². The summed E-state index contributed by atoms with van der Waals surface area (Å²) >= 11 is 0. The van der Waals surface area contributed by atoms with Gasteiger partial charge in [0.25, 0.3) is 0 Å². The van der Waals surface area contributed by atoms with E-state index < -0.39 is 0 Å². The van der Waals surface area contributed by atoms with Gasteiger partial charge in [0, 0.05) is 56.9 Å². The van der Waals surface area contributed by atoms with Crippen LogP contribution in [-0.2, 0) is 0 Å². The van der Waals surface area contributed by atoms with Gasteiger partial charge in [-0.2, -0.15) is 0 Å². The van der Waals surface area contributed by atoms with Crippen LogP contribution < -0.4 is 19.6 Å². The molecule has 58 heavy (non-hydrogen) atoms. The topological polar surface area (TPSA) is 38.7 Å². The summed E-state index contributed by atoms with van der Waals surface area (Å²) in [7, 11) is 0. The Bertz CT molecular complexity index is 2420. The first kappa shape index (κ1) is 35.7. The van der Waals surface area contributed by atoms with Crippen molar-refractivity contribution in [2.75, 3.05) is 19.6 Å². The van der Waals surface area contributed by atoms with E-state index in [-0.39, 0.29) is 0 Å². The Balaban J connectivity index is 1.17. The zero-order valence-electron chi connectivity index (χ0n) is 31.8. The molecule has 9 rings (SSSR count). The van der Waals surface area contributed by atoms with Crippen molar-refractivity contribution >= 4 is 68.5 Å². The van der Waals surface area contributed by atoms with Gasteiger partial charge in [-0.25, -0.2) is 4.98 Å². The van der Waals surface area contributed by atoms with Crippen molar-refractivity contribution in [3.63, 3.8) is 0 Å². The molecule has 0 N–H and O–H groups in total. The Morgan fingerprint density at radius 2 is 0.448 bits per heavy atom. The number of aromatic nitrogens is 2. The van der Waals surface area contributed by atoms with Gasteiger partial charge in [-0.05, 0) is 109 Å². The SMILES string of the molecule is c1ccc(N(c2ccccc2)c2cccc(N(c3ccccc3)c3cncc(N(c4ccccc4)c4cccc(N(c5ccccc5)c5ccccc5)c4)n3)c2)cc1. The Morgan fingerprint density at radius 1 is 0.224 bits per heavy atom. The highest BCUT2D eigenvalue weighted by Crippen LogP contribution is 2.42. The molecule has 0 atom stereocenters. The Hall–Kier alpha value is -7.96. The molecule has 0 amide bonds. The molecular weight excluding hydrogens is 709 g/mol. The number of hydrogen-bond donors (Lipinski definition) is 0. The molecule has 0 spiro atoms. The second-order valence-corrected chi connectivity index (χ2v) is 13.6. The van der Waals surface area contributed by atoms with Crippen molar-refractivity contribution in [3.8, 4) is 0 Å². The number of benzene rings is 8. The van der Waals surface area contributed by atoms with E-state index in [1.54, 1.807) is 0 Å². The highest BCUT2D eigenvalue weighted by molar-refractivity contribution is 5.85. The van der Waals surface area contributed by atoms with Crippen LogP contribution in [0.2, 0.25) is 0 Å². The number of hydrogen-bond acceptors (Lipinski definition) is 6. The molecule has 0 radical (unpaired) electrons. The van der Waals surface area contributed by atoms with Crippen LogP contribution in [0.15, 0.2) is 243 Å². The average Bonchev–Trinajstić information content (AvgIpc) is 3.30. The quantitative estimate of drug-likeness (QED) is 0.124. The lowest BCUT2D eigenvalue weighted by Crippen LogP contribution is -2.17. The average molecular weight is 749 g/mol. The normalized spacial score (nSPS) is 10.8. The standard InChI is InChI=1S/C52H40N6/c1-7-21-41(22-8-1)55(42-23-9-2-10-24-42)47-33-19-35-49(37-47)57(45-29-15-5-16-30-45)51-39-53-40-52(54-51)58(46-31-17-6-18-32-46)50-36-20-34-48(38-50)56(43-25-11-3-12-26-43)44-27-13-4-14-28-44/h1-40H. The molecule has 0 bridgehead atoms. The number of para-hydroxylation sites is 6. The Labute approximate surface area is 339 Å². The van der Waals surface area contributed by atoms with Crippen molar-refractivity contribution in [1.29, 1.82) is 0 Å². The molecule has 8 aromatic carbocycles. The molecule has 0 aliphatic carbocycles. The van der Waals surface area contributed by atoms with Crippen LogP contribution in [-0.4, -0.2) is 9.97 Å². The summed E-state index contributed by atoms with van der Waals surface area (Å²) in [6.45, 7) is 0. The highest BCUT2D eigenvalue weighted by Gasteiger charge is 2.22. The maximum atomic E-state index is 5.42. The van der Waals surface area contributed by atoms with Crippen LogP contribution in [0.4, 0.5) is 68.5 Å². The van der Waals surface area contributed by atoms with Crippen LogP contribution in [0.25, 0.3) is 0 Å². The number of anilines is 12. The number of nitrogens with zero attached hydrogens (tertiary/aromatic N) is 6. The molecular formula is C52H40N6. The van der Waals surface area contributed by atoms with Crippen LogP contribution in [0, 0.1) is 0 Å². The van der Waals surface area contributed by atoms with Crippen LogP contribution >= 0.6 is 0 Å². The zero-order chi connectivity index (χ0) is 38.9. The van der Waals surface area contributed by atoms with E-state index >= 15 is 0 Å². The van der Waals surface area contributed by atoms with Gasteiger partial charge in [-0.15, -0.1) is 0 Å². The molecule has 278 valence electrons. The van der Waals surface area contributed by atoms with Crippen molar-refractivity contribution in [1.82, 2.24) is 9.97 Å². The largest absolute Gasteiger partial charge is 0.310 e. The van der Waals surface area contributed by atoms with Crippen molar-refractivity contribution in [2.45, 2.75) is 0 Å². The first-order valence-corrected chi connectivity index (χ1v) is 19.3. The molecule has 9 aromatic rings. The lowest BCUT2D eigenvalue weighted by Gasteiger charge is -2.30. The van der Waals surface area contributed by atoms with Crippen LogP contribution in [0.5, 0.6) is 0 Å². The minimum absolute atomic E-state index is 0.680. The van der Waals surface area contributed by atoms with E-state index in [0.717, 1.165) is 56.9 Å². The molecule has 0 saturated heterocycles. The minimum Gasteiger partial charge on any atom is -0.310 e. The summed E-state index contributed by atoms with van der Waals surface area (Å²) in [6, 6.07) is 79.7. The summed E-state index contributed by atoms with van der Waals surface area (Å²) < 4.78 is 0. The predicted octanol–water partition coefficient (Wildman–Crippen LogP) is 14.4. The molecule has 1 heterocycles. The maximum Gasteiger partial charge on any atom is 0.158 e.